The second kappa shape index (κ2) is 4.88. The van der Waals surface area contributed by atoms with Gasteiger partial charge >= 0.3 is 0 Å². The van der Waals surface area contributed by atoms with E-state index in [1.165, 1.54) is 5.56 Å². The van der Waals surface area contributed by atoms with Gasteiger partial charge in [-0.05, 0) is 28.8 Å². The number of ketones is 1. The zero-order valence-electron chi connectivity index (χ0n) is 8.52. The minimum atomic E-state index is -0.0972. The van der Waals surface area contributed by atoms with Crippen molar-refractivity contribution in [3.63, 3.8) is 0 Å². The molecule has 1 aromatic rings. The first-order chi connectivity index (χ1) is 7.27. The Morgan fingerprint density at radius 3 is 3.07 bits per heavy atom. The van der Waals surface area contributed by atoms with Crippen LogP contribution in [0.25, 0.3) is 0 Å². The first-order valence-corrected chi connectivity index (χ1v) is 6.09. The number of hydrogen-bond acceptors (Lipinski definition) is 4. The molecule has 2 heterocycles. The molecular weight excluding hydrogens is 210 g/mol. The minimum Gasteiger partial charge on any atom is -0.379 e. The summed E-state index contributed by atoms with van der Waals surface area (Å²) in [5, 5.41) is 4.11. The Labute approximate surface area is 93.2 Å². The zero-order valence-corrected chi connectivity index (χ0v) is 9.33. The third-order valence-electron chi connectivity index (χ3n) is 2.78. The fourth-order valence-electron chi connectivity index (χ4n) is 1.79. The molecule has 0 bridgehead atoms. The van der Waals surface area contributed by atoms with Crippen molar-refractivity contribution in [1.29, 1.82) is 0 Å². The van der Waals surface area contributed by atoms with Crippen LogP contribution in [0.15, 0.2) is 16.8 Å². The Balaban J connectivity index is 1.82. The van der Waals surface area contributed by atoms with Gasteiger partial charge in [0.2, 0.25) is 0 Å². The van der Waals surface area contributed by atoms with Gasteiger partial charge in [-0.25, -0.2) is 0 Å². The van der Waals surface area contributed by atoms with Crippen molar-refractivity contribution in [2.75, 3.05) is 13.2 Å². The monoisotopic (exact) mass is 225 g/mol. The summed E-state index contributed by atoms with van der Waals surface area (Å²) in [4.78, 5) is 11.8. The number of Topliss-reactive ketones (excluding diaryl/α,β-unsaturated/α-hetero) is 1. The molecule has 1 saturated heterocycles. The second-order valence-electron chi connectivity index (χ2n) is 3.91. The fraction of sp³-hybridized carbons (Fsp3) is 0.545. The van der Waals surface area contributed by atoms with E-state index in [0.717, 1.165) is 6.42 Å². The maximum Gasteiger partial charge on any atom is 0.140 e. The number of rotatable bonds is 4. The third-order valence-corrected chi connectivity index (χ3v) is 3.51. The summed E-state index contributed by atoms with van der Waals surface area (Å²) in [6.45, 7) is 1.03. The smallest absolute Gasteiger partial charge is 0.140 e. The van der Waals surface area contributed by atoms with E-state index in [2.05, 4.69) is 11.4 Å². The van der Waals surface area contributed by atoms with Crippen LogP contribution in [0.2, 0.25) is 0 Å². The van der Waals surface area contributed by atoms with Crippen molar-refractivity contribution < 1.29 is 9.53 Å². The standard InChI is InChI=1S/C11H15NO2S/c12-10-6-14-5-9(10)11(13)2-1-8-3-4-15-7-8/h3-4,7,9-10H,1-2,5-6,12H2. The summed E-state index contributed by atoms with van der Waals surface area (Å²) in [5.74, 6) is 0.162. The van der Waals surface area contributed by atoms with Crippen molar-refractivity contribution in [1.82, 2.24) is 0 Å². The van der Waals surface area contributed by atoms with E-state index < -0.39 is 0 Å². The predicted octanol–water partition coefficient (Wildman–Crippen LogP) is 1.22. The number of ether oxygens (including phenoxy) is 1. The largest absolute Gasteiger partial charge is 0.379 e. The van der Waals surface area contributed by atoms with Crippen molar-refractivity contribution in [2.24, 2.45) is 11.7 Å². The lowest BCUT2D eigenvalue weighted by Gasteiger charge is -2.10. The molecule has 0 radical (unpaired) electrons. The molecule has 15 heavy (non-hydrogen) atoms. The van der Waals surface area contributed by atoms with Crippen LogP contribution in [-0.2, 0) is 16.0 Å². The van der Waals surface area contributed by atoms with Crippen molar-refractivity contribution in [3.8, 4) is 0 Å². The molecular formula is C11H15NO2S. The summed E-state index contributed by atoms with van der Waals surface area (Å²) in [6, 6.07) is 1.96. The highest BCUT2D eigenvalue weighted by Crippen LogP contribution is 2.16. The predicted molar refractivity (Wildman–Crippen MR) is 59.9 cm³/mol. The van der Waals surface area contributed by atoms with Gasteiger partial charge in [-0.2, -0.15) is 11.3 Å². The average molecular weight is 225 g/mol. The van der Waals surface area contributed by atoms with Gasteiger partial charge in [0.25, 0.3) is 0 Å². The lowest BCUT2D eigenvalue weighted by Crippen LogP contribution is -2.34. The Bertz CT molecular complexity index is 323. The van der Waals surface area contributed by atoms with Gasteiger partial charge in [0.05, 0.1) is 19.1 Å². The van der Waals surface area contributed by atoms with Gasteiger partial charge in [0.15, 0.2) is 0 Å². The van der Waals surface area contributed by atoms with E-state index in [1.807, 2.05) is 5.38 Å². The maximum atomic E-state index is 11.8. The number of thiophene rings is 1. The van der Waals surface area contributed by atoms with Crippen LogP contribution in [0.1, 0.15) is 12.0 Å². The first-order valence-electron chi connectivity index (χ1n) is 5.14. The van der Waals surface area contributed by atoms with E-state index in [4.69, 9.17) is 10.5 Å². The zero-order chi connectivity index (χ0) is 10.7. The molecule has 2 rings (SSSR count). The van der Waals surface area contributed by atoms with Crippen LogP contribution in [0.5, 0.6) is 0 Å². The number of carbonyl (C=O) groups is 1. The number of hydrogen-bond donors (Lipinski definition) is 1. The van der Waals surface area contributed by atoms with Crippen LogP contribution in [0, 0.1) is 5.92 Å². The maximum absolute atomic E-state index is 11.8. The van der Waals surface area contributed by atoms with Gasteiger partial charge in [-0.3, -0.25) is 4.79 Å². The molecule has 1 aromatic heterocycles. The minimum absolute atomic E-state index is 0.0800. The van der Waals surface area contributed by atoms with Crippen LogP contribution in [0.4, 0.5) is 0 Å². The molecule has 4 heteroatoms. The fourth-order valence-corrected chi connectivity index (χ4v) is 2.49. The second-order valence-corrected chi connectivity index (χ2v) is 4.69. The molecule has 82 valence electrons. The lowest BCUT2D eigenvalue weighted by molar-refractivity contribution is -0.123. The highest BCUT2D eigenvalue weighted by Gasteiger charge is 2.30. The topological polar surface area (TPSA) is 52.3 Å². The Morgan fingerprint density at radius 1 is 1.60 bits per heavy atom. The molecule has 0 amide bonds. The SMILES string of the molecule is NC1COCC1C(=O)CCc1ccsc1. The number of aryl methyl sites for hydroxylation is 1. The molecule has 0 aromatic carbocycles. The summed E-state index contributed by atoms with van der Waals surface area (Å²) < 4.78 is 5.18. The summed E-state index contributed by atoms with van der Waals surface area (Å²) in [5.41, 5.74) is 7.02. The van der Waals surface area contributed by atoms with Gasteiger partial charge in [0.1, 0.15) is 5.78 Å². The molecule has 1 fully saturated rings. The molecule has 0 aliphatic carbocycles. The molecule has 1 aliphatic heterocycles. The van der Waals surface area contributed by atoms with Gasteiger partial charge in [0, 0.05) is 12.5 Å². The highest BCUT2D eigenvalue weighted by atomic mass is 32.1. The molecule has 2 N–H and O–H groups in total. The lowest BCUT2D eigenvalue weighted by atomic mass is 9.95. The molecule has 2 unspecified atom stereocenters. The van der Waals surface area contributed by atoms with Crippen LogP contribution in [-0.4, -0.2) is 25.0 Å². The van der Waals surface area contributed by atoms with Gasteiger partial charge in [-0.1, -0.05) is 0 Å². The summed E-state index contributed by atoms with van der Waals surface area (Å²) in [7, 11) is 0. The highest BCUT2D eigenvalue weighted by molar-refractivity contribution is 7.07. The third kappa shape index (κ3) is 2.65. The summed E-state index contributed by atoms with van der Waals surface area (Å²) >= 11 is 1.66. The Kier molecular flexibility index (Phi) is 3.51. The molecule has 3 nitrogen and oxygen atoms in total. The quantitative estimate of drug-likeness (QED) is 0.838. The van der Waals surface area contributed by atoms with E-state index in [-0.39, 0.29) is 17.7 Å². The van der Waals surface area contributed by atoms with Crippen LogP contribution < -0.4 is 5.73 Å². The van der Waals surface area contributed by atoms with Crippen molar-refractivity contribution in [2.45, 2.75) is 18.9 Å². The molecule has 2 atom stereocenters. The Morgan fingerprint density at radius 2 is 2.47 bits per heavy atom. The van der Waals surface area contributed by atoms with Gasteiger partial charge < -0.3 is 10.5 Å². The van der Waals surface area contributed by atoms with Crippen molar-refractivity contribution >= 4 is 17.1 Å². The summed E-state index contributed by atoms with van der Waals surface area (Å²) in [6.07, 6.45) is 1.41. The normalized spacial score (nSPS) is 25.7. The van der Waals surface area contributed by atoms with Crippen molar-refractivity contribution in [3.05, 3.63) is 22.4 Å². The van der Waals surface area contributed by atoms with Crippen LogP contribution in [0.3, 0.4) is 0 Å². The van der Waals surface area contributed by atoms with E-state index in [0.29, 0.717) is 19.6 Å². The van der Waals surface area contributed by atoms with Gasteiger partial charge in [-0.15, -0.1) is 0 Å². The number of carbonyl (C=O) groups excluding carboxylic acids is 1. The van der Waals surface area contributed by atoms with E-state index in [9.17, 15) is 4.79 Å². The molecule has 0 saturated carbocycles. The number of nitrogens with two attached hydrogens (primary N) is 1. The van der Waals surface area contributed by atoms with Crippen LogP contribution >= 0.6 is 11.3 Å². The van der Waals surface area contributed by atoms with E-state index in [1.54, 1.807) is 11.3 Å². The molecule has 0 spiro atoms. The first kappa shape index (κ1) is 10.8. The Hall–Kier alpha value is -0.710. The average Bonchev–Trinajstić information content (AvgIpc) is 2.84. The molecule has 1 aliphatic rings. The van der Waals surface area contributed by atoms with E-state index >= 15 is 0 Å².